The van der Waals surface area contributed by atoms with Crippen LogP contribution in [0.25, 0.3) is 0 Å². The van der Waals surface area contributed by atoms with E-state index >= 15 is 0 Å². The quantitative estimate of drug-likeness (QED) is 0.681. The summed E-state index contributed by atoms with van der Waals surface area (Å²) in [6.07, 6.45) is 15.7. The molecular formula is C16H36O2. The molecule has 2 nitrogen and oxygen atoms in total. The molecule has 1 fully saturated rings. The summed E-state index contributed by atoms with van der Waals surface area (Å²) in [5, 5.41) is 16.4. The van der Waals surface area contributed by atoms with Crippen molar-refractivity contribution in [2.75, 3.05) is 13.2 Å². The number of hydrogen-bond acceptors (Lipinski definition) is 2. The average Bonchev–Trinajstić information content (AvgIpc) is 2.46. The highest BCUT2D eigenvalue weighted by Gasteiger charge is 1.95. The Balaban J connectivity index is 0. The van der Waals surface area contributed by atoms with Crippen LogP contribution in [0.5, 0.6) is 0 Å². The number of rotatable bonds is 6. The Morgan fingerprint density at radius 2 is 0.833 bits per heavy atom. The van der Waals surface area contributed by atoms with E-state index in [9.17, 15) is 0 Å². The highest BCUT2D eigenvalue weighted by Crippen LogP contribution is 2.15. The topological polar surface area (TPSA) is 40.5 Å². The molecule has 0 heterocycles. The Kier molecular flexibility index (Phi) is 24.9. The molecule has 0 unspecified atom stereocenters. The minimum absolute atomic E-state index is 0.355. The molecule has 0 aromatic carbocycles. The Morgan fingerprint density at radius 3 is 0.944 bits per heavy atom. The molecule has 0 amide bonds. The van der Waals surface area contributed by atoms with Gasteiger partial charge in [-0.05, 0) is 12.8 Å². The van der Waals surface area contributed by atoms with Crippen LogP contribution in [0.2, 0.25) is 0 Å². The van der Waals surface area contributed by atoms with Gasteiger partial charge in [0.25, 0.3) is 0 Å². The third-order valence-electron chi connectivity index (χ3n) is 3.02. The molecule has 0 aliphatic heterocycles. The fraction of sp³-hybridized carbons (Fsp3) is 1.00. The van der Waals surface area contributed by atoms with Crippen LogP contribution in [0, 0.1) is 0 Å². The summed E-state index contributed by atoms with van der Waals surface area (Å²) < 4.78 is 0. The molecule has 0 aromatic heterocycles. The number of hydrogen-bond donors (Lipinski definition) is 2. The third-order valence-corrected chi connectivity index (χ3v) is 3.02. The standard InChI is InChI=1S/C6H12.2C5H12O/c1-2-4-6-5-3-1;2*1-2-3-4-5-6/h1-6H2;2*6H,2-5H2,1H3. The van der Waals surface area contributed by atoms with Gasteiger partial charge in [0.05, 0.1) is 0 Å². The van der Waals surface area contributed by atoms with Crippen molar-refractivity contribution < 1.29 is 10.2 Å². The lowest BCUT2D eigenvalue weighted by Crippen LogP contribution is -1.85. The maximum atomic E-state index is 8.20. The molecule has 0 aromatic rings. The average molecular weight is 260 g/mol. The van der Waals surface area contributed by atoms with Gasteiger partial charge >= 0.3 is 0 Å². The summed E-state index contributed by atoms with van der Waals surface area (Å²) in [4.78, 5) is 0. The summed E-state index contributed by atoms with van der Waals surface area (Å²) in [6, 6.07) is 0. The van der Waals surface area contributed by atoms with Crippen molar-refractivity contribution in [2.24, 2.45) is 0 Å². The lowest BCUT2D eigenvalue weighted by atomic mass is 10.0. The number of aliphatic hydroxyl groups is 2. The van der Waals surface area contributed by atoms with E-state index in [1.165, 1.54) is 51.4 Å². The smallest absolute Gasteiger partial charge is 0.0431 e. The van der Waals surface area contributed by atoms with E-state index in [-0.39, 0.29) is 0 Å². The third kappa shape index (κ3) is 24.9. The van der Waals surface area contributed by atoms with Crippen LogP contribution in [-0.2, 0) is 0 Å². The number of unbranched alkanes of at least 4 members (excludes halogenated alkanes) is 4. The molecule has 1 rings (SSSR count). The molecule has 112 valence electrons. The molecule has 1 aliphatic rings. The fourth-order valence-electron chi connectivity index (χ4n) is 1.78. The Morgan fingerprint density at radius 1 is 0.556 bits per heavy atom. The van der Waals surface area contributed by atoms with Crippen molar-refractivity contribution in [3.05, 3.63) is 0 Å². The van der Waals surface area contributed by atoms with Crippen LogP contribution in [0.1, 0.15) is 90.9 Å². The van der Waals surface area contributed by atoms with E-state index in [0.717, 1.165) is 25.7 Å². The van der Waals surface area contributed by atoms with Gasteiger partial charge in [-0.2, -0.15) is 0 Å². The van der Waals surface area contributed by atoms with Crippen molar-refractivity contribution >= 4 is 0 Å². The first-order valence-electron chi connectivity index (χ1n) is 8.05. The van der Waals surface area contributed by atoms with Crippen LogP contribution < -0.4 is 0 Å². The first kappa shape index (κ1) is 20.2. The Bertz CT molecular complexity index is 84.2. The van der Waals surface area contributed by atoms with Gasteiger partial charge in [0.2, 0.25) is 0 Å². The van der Waals surface area contributed by atoms with Gasteiger partial charge in [-0.3, -0.25) is 0 Å². The zero-order valence-corrected chi connectivity index (χ0v) is 12.8. The van der Waals surface area contributed by atoms with Gasteiger partial charge < -0.3 is 10.2 Å². The molecule has 0 bridgehead atoms. The van der Waals surface area contributed by atoms with Crippen molar-refractivity contribution in [1.29, 1.82) is 0 Å². The second-order valence-corrected chi connectivity index (χ2v) is 4.98. The van der Waals surface area contributed by atoms with Gasteiger partial charge in [0.15, 0.2) is 0 Å². The summed E-state index contributed by atoms with van der Waals surface area (Å²) in [6.45, 7) is 4.95. The van der Waals surface area contributed by atoms with E-state index in [4.69, 9.17) is 10.2 Å². The van der Waals surface area contributed by atoms with Gasteiger partial charge in [-0.1, -0.05) is 78.1 Å². The number of aliphatic hydroxyl groups excluding tert-OH is 2. The molecular weight excluding hydrogens is 224 g/mol. The molecule has 18 heavy (non-hydrogen) atoms. The largest absolute Gasteiger partial charge is 0.396 e. The van der Waals surface area contributed by atoms with E-state index in [1.807, 2.05) is 0 Å². The monoisotopic (exact) mass is 260 g/mol. The summed E-state index contributed by atoms with van der Waals surface area (Å²) in [5.74, 6) is 0. The van der Waals surface area contributed by atoms with Crippen LogP contribution in [-0.4, -0.2) is 23.4 Å². The van der Waals surface area contributed by atoms with Crippen LogP contribution in [0.3, 0.4) is 0 Å². The maximum absolute atomic E-state index is 8.20. The Hall–Kier alpha value is -0.0800. The van der Waals surface area contributed by atoms with E-state index in [0.29, 0.717) is 13.2 Å². The summed E-state index contributed by atoms with van der Waals surface area (Å²) in [5.41, 5.74) is 0. The first-order chi connectivity index (χ1) is 8.83. The summed E-state index contributed by atoms with van der Waals surface area (Å²) in [7, 11) is 0. The molecule has 1 aliphatic carbocycles. The van der Waals surface area contributed by atoms with Crippen LogP contribution in [0.4, 0.5) is 0 Å². The SMILES string of the molecule is C1CCCCC1.CCCCCO.CCCCCO. The van der Waals surface area contributed by atoms with E-state index in [2.05, 4.69) is 13.8 Å². The van der Waals surface area contributed by atoms with Crippen molar-refractivity contribution in [3.8, 4) is 0 Å². The predicted octanol–water partition coefficient (Wildman–Crippen LogP) is 4.68. The second-order valence-electron chi connectivity index (χ2n) is 4.98. The van der Waals surface area contributed by atoms with Crippen LogP contribution in [0.15, 0.2) is 0 Å². The van der Waals surface area contributed by atoms with Crippen molar-refractivity contribution in [1.82, 2.24) is 0 Å². The van der Waals surface area contributed by atoms with Crippen molar-refractivity contribution in [3.63, 3.8) is 0 Å². The molecule has 0 spiro atoms. The minimum Gasteiger partial charge on any atom is -0.396 e. The highest BCUT2D eigenvalue weighted by atomic mass is 16.3. The normalized spacial score (nSPS) is 14.0. The zero-order valence-electron chi connectivity index (χ0n) is 12.8. The van der Waals surface area contributed by atoms with E-state index < -0.39 is 0 Å². The van der Waals surface area contributed by atoms with E-state index in [1.54, 1.807) is 0 Å². The van der Waals surface area contributed by atoms with Gasteiger partial charge in [0, 0.05) is 13.2 Å². The zero-order chi connectivity index (χ0) is 13.9. The molecule has 2 N–H and O–H groups in total. The lowest BCUT2D eigenvalue weighted by Gasteiger charge is -2.05. The fourth-order valence-corrected chi connectivity index (χ4v) is 1.78. The van der Waals surface area contributed by atoms with Crippen LogP contribution >= 0.6 is 0 Å². The minimum atomic E-state index is 0.355. The molecule has 2 heteroatoms. The second kappa shape index (κ2) is 22.1. The van der Waals surface area contributed by atoms with Gasteiger partial charge in [-0.15, -0.1) is 0 Å². The summed E-state index contributed by atoms with van der Waals surface area (Å²) >= 11 is 0. The van der Waals surface area contributed by atoms with Gasteiger partial charge in [-0.25, -0.2) is 0 Å². The van der Waals surface area contributed by atoms with Crippen molar-refractivity contribution in [2.45, 2.75) is 90.9 Å². The van der Waals surface area contributed by atoms with Gasteiger partial charge in [0.1, 0.15) is 0 Å². The molecule has 0 atom stereocenters. The maximum Gasteiger partial charge on any atom is 0.0431 e. The molecule has 1 saturated carbocycles. The lowest BCUT2D eigenvalue weighted by molar-refractivity contribution is 0.284. The molecule has 0 radical (unpaired) electrons. The first-order valence-corrected chi connectivity index (χ1v) is 8.05. The Labute approximate surface area is 115 Å². The highest BCUT2D eigenvalue weighted by molar-refractivity contribution is 4.51. The molecule has 0 saturated heterocycles. The predicted molar refractivity (Wildman–Crippen MR) is 80.9 cm³/mol.